The first-order valence-electron chi connectivity index (χ1n) is 53.0. The normalized spacial score (nSPS) is 11.1. The van der Waals surface area contributed by atoms with E-state index in [2.05, 4.69) is 229 Å². The van der Waals surface area contributed by atoms with Gasteiger partial charge in [-0.2, -0.15) is 0 Å². The SMILES string of the molecule is CCC(=O)N(C)c1cccc(C)c1COc1cc(C)c(C)cc1C.CCC(=O)N(C)c1cccc(C)c1COc1cc(C)c(C)cc1C.CCC(=O)N(C)c1cccc(C2CC2)c1COc1cc(C)c(C)cc1C.CCC(=O)N(C)c1cccc(CC)c1COc1cc(C)c(C)cc1C.CCC(=O)N(C)c1cccc(CO)c1COc1cc(C)c(C)cc1C.CCOc1cccc(N(C)C(=O)CC)c1COc1cc(C)c(C)cc1C. The van der Waals surface area contributed by atoms with Crippen molar-refractivity contribution in [3.05, 3.63) is 343 Å². The molecule has 0 radical (unpaired) electrons. The molecule has 1 N–H and O–H groups in total. The molecular formula is C130H168N6O14. The van der Waals surface area contributed by atoms with Gasteiger partial charge in [0.2, 0.25) is 35.4 Å². The van der Waals surface area contributed by atoms with Gasteiger partial charge < -0.3 is 67.7 Å². The van der Waals surface area contributed by atoms with E-state index >= 15 is 0 Å². The van der Waals surface area contributed by atoms with E-state index in [9.17, 15) is 33.9 Å². The number of rotatable bonds is 35. The molecule has 0 bridgehead atoms. The van der Waals surface area contributed by atoms with Gasteiger partial charge in [-0.05, 0) is 377 Å². The molecule has 0 unspecified atom stereocenters. The molecule has 1 fully saturated rings. The third-order valence-corrected chi connectivity index (χ3v) is 28.6. The minimum absolute atomic E-state index is 0.0266. The lowest BCUT2D eigenvalue weighted by Gasteiger charge is -2.23. The Morgan fingerprint density at radius 3 is 0.707 bits per heavy atom. The van der Waals surface area contributed by atoms with Gasteiger partial charge in [0.25, 0.3) is 0 Å². The number of aliphatic hydroxyl groups excluding tert-OH is 1. The molecule has 12 aromatic carbocycles. The Bertz CT molecular complexity index is 6420. The Balaban J connectivity index is 0.000000219. The average Bonchev–Trinajstić information content (AvgIpc) is 1.63. The van der Waals surface area contributed by atoms with E-state index in [1.54, 1.807) is 43.5 Å². The summed E-state index contributed by atoms with van der Waals surface area (Å²) in [6.07, 6.45) is 6.20. The molecule has 0 spiro atoms. The van der Waals surface area contributed by atoms with Crippen LogP contribution in [0.2, 0.25) is 0 Å². The number of nitrogens with zero attached hydrogens (tertiary/aromatic N) is 6. The molecule has 1 saturated carbocycles. The van der Waals surface area contributed by atoms with Crippen molar-refractivity contribution in [2.45, 2.75) is 304 Å². The minimum atomic E-state index is -0.0907. The van der Waals surface area contributed by atoms with Crippen LogP contribution < -0.4 is 62.6 Å². The largest absolute Gasteiger partial charge is 0.493 e. The minimum Gasteiger partial charge on any atom is -0.493 e. The summed E-state index contributed by atoms with van der Waals surface area (Å²) < 4.78 is 42.6. The van der Waals surface area contributed by atoms with Gasteiger partial charge in [0, 0.05) is 109 Å². The van der Waals surface area contributed by atoms with E-state index < -0.39 is 0 Å². The maximum absolute atomic E-state index is 12.3. The van der Waals surface area contributed by atoms with Crippen LogP contribution in [0.1, 0.15) is 274 Å². The quantitative estimate of drug-likeness (QED) is 0.0392. The van der Waals surface area contributed by atoms with Crippen LogP contribution in [-0.2, 0) is 81.4 Å². The molecule has 0 atom stereocenters. The number of hydrogen-bond acceptors (Lipinski definition) is 14. The number of amides is 6. The van der Waals surface area contributed by atoms with Crippen molar-refractivity contribution in [2.24, 2.45) is 0 Å². The molecule has 0 saturated heterocycles. The van der Waals surface area contributed by atoms with Crippen molar-refractivity contribution in [1.82, 2.24) is 0 Å². The van der Waals surface area contributed by atoms with Gasteiger partial charge in [-0.1, -0.05) is 152 Å². The fourth-order valence-corrected chi connectivity index (χ4v) is 17.9. The number of hydrogen-bond donors (Lipinski definition) is 1. The molecule has 0 aliphatic heterocycles. The molecular weight excluding hydrogens is 1870 g/mol. The van der Waals surface area contributed by atoms with Crippen LogP contribution in [0.4, 0.5) is 34.1 Å². The van der Waals surface area contributed by atoms with Crippen molar-refractivity contribution >= 4 is 69.6 Å². The summed E-state index contributed by atoms with van der Waals surface area (Å²) in [7, 11) is 10.9. The molecule has 1 aliphatic carbocycles. The fourth-order valence-electron chi connectivity index (χ4n) is 17.9. The van der Waals surface area contributed by atoms with Gasteiger partial charge in [-0.3, -0.25) is 28.8 Å². The van der Waals surface area contributed by atoms with Crippen molar-refractivity contribution in [3.63, 3.8) is 0 Å². The van der Waals surface area contributed by atoms with E-state index in [1.807, 2.05) is 175 Å². The molecule has 0 heterocycles. The maximum Gasteiger partial charge on any atom is 0.226 e. The van der Waals surface area contributed by atoms with Crippen molar-refractivity contribution < 1.29 is 67.0 Å². The van der Waals surface area contributed by atoms with Crippen molar-refractivity contribution in [1.29, 1.82) is 0 Å². The van der Waals surface area contributed by atoms with Gasteiger partial charge in [-0.25, -0.2) is 0 Å². The second-order valence-corrected chi connectivity index (χ2v) is 39.6. The average molecular weight is 2040 g/mol. The van der Waals surface area contributed by atoms with Crippen molar-refractivity contribution in [3.8, 4) is 40.2 Å². The molecule has 6 amide bonds. The lowest BCUT2D eigenvalue weighted by Crippen LogP contribution is -2.27. The van der Waals surface area contributed by atoms with Crippen LogP contribution in [0, 0.1) is 138 Å². The smallest absolute Gasteiger partial charge is 0.226 e. The summed E-state index contributed by atoms with van der Waals surface area (Å²) in [5.74, 6) is 7.20. The van der Waals surface area contributed by atoms with Gasteiger partial charge in [0.15, 0.2) is 0 Å². The van der Waals surface area contributed by atoms with E-state index in [-0.39, 0.29) is 42.0 Å². The standard InChI is InChI=1S/C23H29NO2.C22H29NO3.C22H29NO2.C21H27NO3.2C21H27NO2/c1-6-23(25)24(5)21-9-7-8-19(18-10-11-18)20(21)14-26-22-13-16(3)15(2)12-17(22)4;1-7-22(24)23(6)19-10-9-11-20(25-8-2)18(19)14-26-21-13-16(4)15(3)12-17(21)5;1-7-18-10-9-11-20(23(6)22(24)8-2)19(18)14-25-21-13-16(4)15(3)12-17(21)5;1-6-21(24)22(5)19-9-7-8-17(12-23)18(19)13-25-20-11-15(3)14(2)10-16(20)4;2*1-7-21(23)22(6)19-10-8-9-14(2)18(19)13-24-20-12-16(4)15(3)11-17(20)5/h7-9,12-13,18H,6,10-11,14H2,1-5H3;9-13H,7-8,14H2,1-6H3;9-13H,7-8,14H2,1-6H3;7-11,23H,6,12-13H2,1-5H3;2*8-12H,7,13H2,1-6H3. The summed E-state index contributed by atoms with van der Waals surface area (Å²) in [6.45, 7) is 59.9. The Hall–Kier alpha value is -14.0. The number of carbonyl (C=O) groups excluding carboxylic acids is 6. The third kappa shape index (κ3) is 32.5. The molecule has 802 valence electrons. The van der Waals surface area contributed by atoms with Gasteiger partial charge in [-0.15, -0.1) is 0 Å². The highest BCUT2D eigenvalue weighted by Crippen LogP contribution is 2.45. The van der Waals surface area contributed by atoms with Gasteiger partial charge in [0.05, 0.1) is 52.9 Å². The first kappa shape index (κ1) is 121. The third-order valence-electron chi connectivity index (χ3n) is 28.6. The maximum atomic E-state index is 12.3. The van der Waals surface area contributed by atoms with Gasteiger partial charge in [0.1, 0.15) is 79.9 Å². The number of anilines is 6. The number of ether oxygens (including phenoxy) is 7. The number of carbonyl (C=O) groups is 6. The van der Waals surface area contributed by atoms with Crippen LogP contribution in [-0.4, -0.2) is 89.4 Å². The Morgan fingerprint density at radius 2 is 0.447 bits per heavy atom. The number of aliphatic hydroxyl groups is 1. The second kappa shape index (κ2) is 57.7. The molecule has 20 nitrogen and oxygen atoms in total. The molecule has 13 rings (SSSR count). The Kier molecular flexibility index (Phi) is 46.6. The molecule has 150 heavy (non-hydrogen) atoms. The predicted octanol–water partition coefficient (Wildman–Crippen LogP) is 29.3. The highest BCUT2D eigenvalue weighted by Gasteiger charge is 2.30. The highest BCUT2D eigenvalue weighted by molar-refractivity contribution is 5.97. The zero-order valence-corrected chi connectivity index (χ0v) is 96.4. The Morgan fingerprint density at radius 1 is 0.233 bits per heavy atom. The van der Waals surface area contributed by atoms with Crippen LogP contribution >= 0.6 is 0 Å². The number of aryl methyl sites for hydroxylation is 21. The van der Waals surface area contributed by atoms with E-state index in [1.165, 1.54) is 90.7 Å². The summed E-state index contributed by atoms with van der Waals surface area (Å²) in [5.41, 5.74) is 38.6. The topological polar surface area (TPSA) is 207 Å². The number of benzene rings is 12. The van der Waals surface area contributed by atoms with Crippen molar-refractivity contribution in [2.75, 3.05) is 78.3 Å². The van der Waals surface area contributed by atoms with Crippen LogP contribution in [0.25, 0.3) is 0 Å². The van der Waals surface area contributed by atoms with Gasteiger partial charge >= 0.3 is 0 Å². The zero-order valence-electron chi connectivity index (χ0n) is 96.4. The van der Waals surface area contributed by atoms with Crippen LogP contribution in [0.3, 0.4) is 0 Å². The monoisotopic (exact) mass is 2040 g/mol. The molecule has 20 heteroatoms. The summed E-state index contributed by atoms with van der Waals surface area (Å²) in [5, 5.41) is 9.69. The van der Waals surface area contributed by atoms with E-state index in [0.717, 1.165) is 164 Å². The Labute approximate surface area is 896 Å². The predicted molar refractivity (Wildman–Crippen MR) is 619 cm³/mol. The fraction of sp³-hybridized carbons (Fsp3) is 0.400. The van der Waals surface area contributed by atoms with E-state index in [4.69, 9.17) is 33.2 Å². The van der Waals surface area contributed by atoms with Crippen LogP contribution in [0.5, 0.6) is 40.2 Å². The second-order valence-electron chi connectivity index (χ2n) is 39.6. The molecule has 1 aliphatic rings. The van der Waals surface area contributed by atoms with Crippen LogP contribution in [0.15, 0.2) is 182 Å². The molecule has 12 aromatic rings. The highest BCUT2D eigenvalue weighted by atomic mass is 16.5. The summed E-state index contributed by atoms with van der Waals surface area (Å²) in [4.78, 5) is 83.1. The summed E-state index contributed by atoms with van der Waals surface area (Å²) >= 11 is 0. The molecule has 0 aromatic heterocycles. The lowest BCUT2D eigenvalue weighted by atomic mass is 10.0. The zero-order chi connectivity index (χ0) is 111. The first-order chi connectivity index (χ1) is 71.3. The van der Waals surface area contributed by atoms with E-state index in [0.29, 0.717) is 90.7 Å². The lowest BCUT2D eigenvalue weighted by molar-refractivity contribution is -0.118. The first-order valence-corrected chi connectivity index (χ1v) is 53.0. The summed E-state index contributed by atoms with van der Waals surface area (Å²) in [6, 6.07) is 61.2.